The van der Waals surface area contributed by atoms with Crippen molar-refractivity contribution < 1.29 is 4.21 Å². The molecule has 2 rings (SSSR count). The summed E-state index contributed by atoms with van der Waals surface area (Å²) < 4.78 is 11.2. The van der Waals surface area contributed by atoms with Crippen molar-refractivity contribution in [3.8, 4) is 0 Å². The molecule has 3 nitrogen and oxygen atoms in total. The van der Waals surface area contributed by atoms with Gasteiger partial charge in [-0.15, -0.1) is 0 Å². The van der Waals surface area contributed by atoms with Crippen molar-refractivity contribution in [2.45, 2.75) is 20.8 Å². The highest BCUT2D eigenvalue weighted by molar-refractivity contribution is 7.84. The Hall–Kier alpha value is -1.29. The topological polar surface area (TPSA) is 23.6 Å². The smallest absolute Gasteiger partial charge is 0.213 e. The maximum Gasteiger partial charge on any atom is 0.213 e. The van der Waals surface area contributed by atoms with E-state index in [9.17, 15) is 4.21 Å². The molecule has 2 radical (unpaired) electrons. The molecule has 1 aliphatic rings. The largest absolute Gasteiger partial charge is 0.334 e. The highest BCUT2D eigenvalue weighted by Crippen LogP contribution is 2.30. The second kappa shape index (κ2) is 5.14. The van der Waals surface area contributed by atoms with Crippen LogP contribution in [-0.4, -0.2) is 21.2 Å². The van der Waals surface area contributed by atoms with E-state index < -0.39 is 10.8 Å². The first-order chi connectivity index (χ1) is 8.47. The Morgan fingerprint density at radius 3 is 2.33 bits per heavy atom. The monoisotopic (exact) mass is 262 g/mol. The summed E-state index contributed by atoms with van der Waals surface area (Å²) in [7, 11) is -0.856. The number of nitrogens with zero attached hydrogens (tertiary/aromatic N) is 2. The van der Waals surface area contributed by atoms with E-state index in [0.29, 0.717) is 5.88 Å². The van der Waals surface area contributed by atoms with Crippen LogP contribution in [0.1, 0.15) is 16.7 Å². The fourth-order valence-electron chi connectivity index (χ4n) is 2.30. The normalized spacial score (nSPS) is 16.4. The zero-order chi connectivity index (χ0) is 13.3. The Balaban J connectivity index is 2.20. The Labute approximate surface area is 112 Å². The van der Waals surface area contributed by atoms with E-state index >= 15 is 0 Å². The first-order valence-electron chi connectivity index (χ1n) is 5.86. The quantitative estimate of drug-likeness (QED) is 0.836. The minimum Gasteiger partial charge on any atom is -0.334 e. The summed E-state index contributed by atoms with van der Waals surface area (Å²) >= 11 is 0. The number of aryl methyl sites for hydroxylation is 3. The summed E-state index contributed by atoms with van der Waals surface area (Å²) in [5, 5.41) is 0. The number of hydrogen-bond acceptors (Lipinski definition) is 3. The Bertz CT molecular complexity index is 488. The van der Waals surface area contributed by atoms with Crippen LogP contribution in [0.2, 0.25) is 0 Å². The molecule has 0 amide bonds. The summed E-state index contributed by atoms with van der Waals surface area (Å²) in [6.07, 6.45) is 5.55. The Morgan fingerprint density at radius 2 is 1.78 bits per heavy atom. The molecule has 0 saturated carbocycles. The molecule has 1 aliphatic heterocycles. The van der Waals surface area contributed by atoms with Gasteiger partial charge in [-0.2, -0.15) is 0 Å². The van der Waals surface area contributed by atoms with Crippen molar-refractivity contribution in [1.29, 1.82) is 0 Å². The lowest BCUT2D eigenvalue weighted by atomic mass is 10.0. The van der Waals surface area contributed by atoms with Crippen molar-refractivity contribution in [1.82, 2.24) is 4.90 Å². The van der Waals surface area contributed by atoms with Gasteiger partial charge in [0.05, 0.1) is 5.88 Å². The third kappa shape index (κ3) is 2.75. The van der Waals surface area contributed by atoms with E-state index in [0.717, 1.165) is 5.69 Å². The van der Waals surface area contributed by atoms with Gasteiger partial charge in [-0.1, -0.05) is 17.7 Å². The second-order valence-corrected chi connectivity index (χ2v) is 6.09. The van der Waals surface area contributed by atoms with Crippen LogP contribution >= 0.6 is 0 Å². The summed E-state index contributed by atoms with van der Waals surface area (Å²) in [4.78, 5) is 3.80. The molecule has 0 fully saturated rings. The molecule has 1 aromatic carbocycles. The number of anilines is 1. The van der Waals surface area contributed by atoms with Crippen LogP contribution in [0.15, 0.2) is 24.5 Å². The molecule has 0 spiro atoms. The highest BCUT2D eigenvalue weighted by atomic mass is 32.2. The molecule has 4 heteroatoms. The van der Waals surface area contributed by atoms with Crippen molar-refractivity contribution in [2.75, 3.05) is 17.0 Å². The molecule has 1 unspecified atom stereocenters. The van der Waals surface area contributed by atoms with Crippen molar-refractivity contribution in [3.63, 3.8) is 0 Å². The molecule has 0 aromatic heterocycles. The van der Waals surface area contributed by atoms with Crippen LogP contribution in [-0.2, 0) is 10.8 Å². The zero-order valence-corrected chi connectivity index (χ0v) is 12.0. The minimum absolute atomic E-state index is 0.483. The van der Waals surface area contributed by atoms with E-state index in [4.69, 9.17) is 0 Å². The third-order valence-corrected chi connectivity index (χ3v) is 3.47. The first-order valence-corrected chi connectivity index (χ1v) is 7.58. The molecule has 0 saturated heterocycles. The van der Waals surface area contributed by atoms with Gasteiger partial charge < -0.3 is 9.80 Å². The average molecular weight is 262 g/mol. The van der Waals surface area contributed by atoms with Crippen LogP contribution in [0.4, 0.5) is 5.69 Å². The number of hydrogen-bond donors (Lipinski definition) is 0. The van der Waals surface area contributed by atoms with Gasteiger partial charge >= 0.3 is 0 Å². The first kappa shape index (κ1) is 13.1. The number of benzene rings is 1. The molecule has 0 bridgehead atoms. The predicted molar refractivity (Wildman–Crippen MR) is 76.3 cm³/mol. The molecule has 1 heterocycles. The lowest BCUT2D eigenvalue weighted by molar-refractivity contribution is 0.541. The maximum absolute atomic E-state index is 11.2. The van der Waals surface area contributed by atoms with Crippen molar-refractivity contribution >= 4 is 16.5 Å². The van der Waals surface area contributed by atoms with Crippen molar-refractivity contribution in [2.24, 2.45) is 0 Å². The molecule has 0 N–H and O–H groups in total. The van der Waals surface area contributed by atoms with Gasteiger partial charge in [-0.05, 0) is 31.9 Å². The Kier molecular flexibility index (Phi) is 3.76. The lowest BCUT2D eigenvalue weighted by Gasteiger charge is -2.22. The molecule has 0 aliphatic carbocycles. The van der Waals surface area contributed by atoms with E-state index in [1.54, 1.807) is 6.26 Å². The summed E-state index contributed by atoms with van der Waals surface area (Å²) in [5.74, 6) is 0.483. The van der Waals surface area contributed by atoms with Gasteiger partial charge in [0, 0.05) is 35.1 Å². The van der Waals surface area contributed by atoms with Crippen LogP contribution in [0.5, 0.6) is 0 Å². The second-order valence-electron chi connectivity index (χ2n) is 4.69. The van der Waals surface area contributed by atoms with Gasteiger partial charge in [0.25, 0.3) is 0 Å². The fraction of sp³-hybridized carbons (Fsp3) is 0.357. The van der Waals surface area contributed by atoms with E-state index in [1.807, 2.05) is 22.2 Å². The van der Waals surface area contributed by atoms with Gasteiger partial charge in [0.2, 0.25) is 6.67 Å². The Morgan fingerprint density at radius 1 is 1.17 bits per heavy atom. The molecule has 1 aromatic rings. The van der Waals surface area contributed by atoms with E-state index in [2.05, 4.69) is 39.6 Å². The molecular formula is C14H18N2OS. The standard InChI is InChI=1S/C14H18N2OS/c1-11-7-12(2)14(13(3)8-11)16-6-5-15(9-16)10-18(4)17/h5-8H,10H2,1-4H3. The van der Waals surface area contributed by atoms with Crippen LogP contribution in [0, 0.1) is 27.4 Å². The SMILES string of the molecule is Cc1cc(C)c(N2[C]N(CS(C)=O)C=C2)c(C)c1. The summed E-state index contributed by atoms with van der Waals surface area (Å²) in [5.41, 5.74) is 4.87. The molecule has 1 atom stereocenters. The van der Waals surface area contributed by atoms with Crippen LogP contribution in [0.3, 0.4) is 0 Å². The lowest BCUT2D eigenvalue weighted by Crippen LogP contribution is -2.22. The maximum atomic E-state index is 11.2. The third-order valence-electron chi connectivity index (χ3n) is 2.83. The van der Waals surface area contributed by atoms with Gasteiger partial charge in [0.15, 0.2) is 0 Å². The van der Waals surface area contributed by atoms with Crippen molar-refractivity contribution in [3.05, 3.63) is 47.9 Å². The predicted octanol–water partition coefficient (Wildman–Crippen LogP) is 2.54. The molecule has 18 heavy (non-hydrogen) atoms. The van der Waals surface area contributed by atoms with Gasteiger partial charge in [0.1, 0.15) is 0 Å². The van der Waals surface area contributed by atoms with Crippen LogP contribution < -0.4 is 4.90 Å². The van der Waals surface area contributed by atoms with Crippen LogP contribution in [0.25, 0.3) is 0 Å². The number of rotatable bonds is 3. The summed E-state index contributed by atoms with van der Waals surface area (Å²) in [6.45, 7) is 9.51. The minimum atomic E-state index is -0.856. The fourth-order valence-corrected chi connectivity index (χ4v) is 2.83. The zero-order valence-electron chi connectivity index (χ0n) is 11.2. The van der Waals surface area contributed by atoms with E-state index in [-0.39, 0.29) is 0 Å². The molecular weight excluding hydrogens is 244 g/mol. The molecule has 96 valence electrons. The van der Waals surface area contributed by atoms with Gasteiger partial charge in [-0.3, -0.25) is 4.21 Å². The van der Waals surface area contributed by atoms with E-state index in [1.165, 1.54) is 16.7 Å². The van der Waals surface area contributed by atoms with Gasteiger partial charge in [-0.25, -0.2) is 0 Å². The average Bonchev–Trinajstić information content (AvgIpc) is 2.63. The summed E-state index contributed by atoms with van der Waals surface area (Å²) in [6, 6.07) is 4.33. The highest BCUT2D eigenvalue weighted by Gasteiger charge is 2.19.